The number of rotatable bonds is 5. The topological polar surface area (TPSA) is 40.5 Å². The van der Waals surface area contributed by atoms with Crippen LogP contribution in [0.5, 0.6) is 0 Å². The van der Waals surface area contributed by atoms with Crippen LogP contribution in [0.4, 0.5) is 0 Å². The predicted octanol–water partition coefficient (Wildman–Crippen LogP) is 4.32. The third kappa shape index (κ3) is 4.08. The van der Waals surface area contributed by atoms with Gasteiger partial charge in [0, 0.05) is 0 Å². The van der Waals surface area contributed by atoms with E-state index in [1.807, 2.05) is 30.3 Å². The van der Waals surface area contributed by atoms with E-state index in [4.69, 9.17) is 0 Å². The van der Waals surface area contributed by atoms with Gasteiger partial charge in [-0.1, -0.05) is 57.5 Å². The number of hydrogen-bond acceptors (Lipinski definition) is 2. The highest BCUT2D eigenvalue weighted by Gasteiger charge is 2.42. The van der Waals surface area contributed by atoms with Gasteiger partial charge in [-0.05, 0) is 49.0 Å². The minimum Gasteiger partial charge on any atom is -0.390 e. The van der Waals surface area contributed by atoms with E-state index in [1.54, 1.807) is 0 Å². The summed E-state index contributed by atoms with van der Waals surface area (Å²) in [4.78, 5) is 0. The molecule has 0 aliphatic heterocycles. The Morgan fingerprint density at radius 1 is 1.19 bits per heavy atom. The zero-order valence-electron chi connectivity index (χ0n) is 13.6. The summed E-state index contributed by atoms with van der Waals surface area (Å²) in [6, 6.07) is 9.78. The molecule has 2 rings (SSSR count). The molecule has 1 unspecified atom stereocenters. The molecule has 0 bridgehead atoms. The molecule has 1 aliphatic rings. The lowest BCUT2D eigenvalue weighted by molar-refractivity contribution is -0.0921. The molecule has 0 saturated heterocycles. The van der Waals surface area contributed by atoms with E-state index in [0.29, 0.717) is 30.6 Å². The SMILES string of the molecule is CC(C)[C@@H]1CC[C@@H](C)C[C@@]1(O)CCC(O)c1ccccc1. The maximum Gasteiger partial charge on any atom is 0.0791 e. The van der Waals surface area contributed by atoms with Gasteiger partial charge in [0.15, 0.2) is 0 Å². The molecular weight excluding hydrogens is 260 g/mol. The number of aliphatic hydroxyl groups is 2. The Kier molecular flexibility index (Phi) is 5.45. The van der Waals surface area contributed by atoms with Gasteiger partial charge in [-0.3, -0.25) is 0 Å². The molecule has 1 aliphatic carbocycles. The molecule has 1 saturated carbocycles. The summed E-state index contributed by atoms with van der Waals surface area (Å²) in [5, 5.41) is 21.5. The van der Waals surface area contributed by atoms with Gasteiger partial charge >= 0.3 is 0 Å². The van der Waals surface area contributed by atoms with Crippen molar-refractivity contribution in [2.75, 3.05) is 0 Å². The largest absolute Gasteiger partial charge is 0.390 e. The number of benzene rings is 1. The monoisotopic (exact) mass is 290 g/mol. The Hall–Kier alpha value is -0.860. The summed E-state index contributed by atoms with van der Waals surface area (Å²) in [6.07, 6.45) is 4.05. The van der Waals surface area contributed by atoms with Crippen LogP contribution in [0.15, 0.2) is 30.3 Å². The first-order chi connectivity index (χ1) is 9.92. The lowest BCUT2D eigenvalue weighted by atomic mass is 9.65. The van der Waals surface area contributed by atoms with Crippen LogP contribution < -0.4 is 0 Å². The molecule has 118 valence electrons. The lowest BCUT2D eigenvalue weighted by Crippen LogP contribution is -2.45. The van der Waals surface area contributed by atoms with Crippen LogP contribution in [0.1, 0.15) is 64.5 Å². The molecule has 0 spiro atoms. The molecule has 0 amide bonds. The van der Waals surface area contributed by atoms with Gasteiger partial charge in [-0.25, -0.2) is 0 Å². The summed E-state index contributed by atoms with van der Waals surface area (Å²) in [6.45, 7) is 6.65. The third-order valence-corrected chi connectivity index (χ3v) is 5.20. The fourth-order valence-corrected chi connectivity index (χ4v) is 4.06. The summed E-state index contributed by atoms with van der Waals surface area (Å²) >= 11 is 0. The van der Waals surface area contributed by atoms with Crippen LogP contribution in [-0.4, -0.2) is 15.8 Å². The smallest absolute Gasteiger partial charge is 0.0791 e. The first kappa shape index (κ1) is 16.5. The van der Waals surface area contributed by atoms with Crippen molar-refractivity contribution < 1.29 is 10.2 Å². The van der Waals surface area contributed by atoms with Gasteiger partial charge in [0.25, 0.3) is 0 Å². The Bertz CT molecular complexity index is 428. The average molecular weight is 290 g/mol. The second-order valence-corrected chi connectivity index (χ2v) is 7.31. The van der Waals surface area contributed by atoms with Gasteiger partial charge in [-0.2, -0.15) is 0 Å². The van der Waals surface area contributed by atoms with Crippen molar-refractivity contribution in [1.82, 2.24) is 0 Å². The molecule has 2 heteroatoms. The van der Waals surface area contributed by atoms with E-state index in [0.717, 1.165) is 18.4 Å². The third-order valence-electron chi connectivity index (χ3n) is 5.20. The van der Waals surface area contributed by atoms with Crippen molar-refractivity contribution in [2.24, 2.45) is 17.8 Å². The highest BCUT2D eigenvalue weighted by molar-refractivity contribution is 5.17. The minimum absolute atomic E-state index is 0.358. The normalized spacial score (nSPS) is 31.3. The summed E-state index contributed by atoms with van der Waals surface area (Å²) in [5.74, 6) is 1.44. The van der Waals surface area contributed by atoms with Crippen molar-refractivity contribution in [3.8, 4) is 0 Å². The fourth-order valence-electron chi connectivity index (χ4n) is 4.06. The van der Waals surface area contributed by atoms with Gasteiger partial charge < -0.3 is 10.2 Å². The Morgan fingerprint density at radius 3 is 2.48 bits per heavy atom. The van der Waals surface area contributed by atoms with Crippen molar-refractivity contribution >= 4 is 0 Å². The van der Waals surface area contributed by atoms with Gasteiger partial charge in [0.05, 0.1) is 11.7 Å². The summed E-state index contributed by atoms with van der Waals surface area (Å²) in [5.41, 5.74) is 0.341. The molecule has 2 nitrogen and oxygen atoms in total. The molecule has 21 heavy (non-hydrogen) atoms. The van der Waals surface area contributed by atoms with Crippen LogP contribution in [0.3, 0.4) is 0 Å². The van der Waals surface area contributed by atoms with Gasteiger partial charge in [-0.15, -0.1) is 0 Å². The Morgan fingerprint density at radius 2 is 1.86 bits per heavy atom. The van der Waals surface area contributed by atoms with E-state index in [2.05, 4.69) is 20.8 Å². The van der Waals surface area contributed by atoms with E-state index in [9.17, 15) is 10.2 Å². The van der Waals surface area contributed by atoms with Gasteiger partial charge in [0.2, 0.25) is 0 Å². The van der Waals surface area contributed by atoms with Crippen LogP contribution in [0.2, 0.25) is 0 Å². The number of aliphatic hydroxyl groups excluding tert-OH is 1. The van der Waals surface area contributed by atoms with Crippen LogP contribution in [0.25, 0.3) is 0 Å². The van der Waals surface area contributed by atoms with E-state index in [1.165, 1.54) is 6.42 Å². The zero-order chi connectivity index (χ0) is 15.5. The molecular formula is C19H30O2. The fraction of sp³-hybridized carbons (Fsp3) is 0.684. The Labute approximate surface area is 129 Å². The average Bonchev–Trinajstić information content (AvgIpc) is 2.45. The van der Waals surface area contributed by atoms with Crippen molar-refractivity contribution in [3.05, 3.63) is 35.9 Å². The van der Waals surface area contributed by atoms with Crippen molar-refractivity contribution in [3.63, 3.8) is 0 Å². The minimum atomic E-state index is -0.610. The maximum absolute atomic E-state index is 11.2. The molecule has 0 radical (unpaired) electrons. The van der Waals surface area contributed by atoms with E-state index >= 15 is 0 Å². The second-order valence-electron chi connectivity index (χ2n) is 7.31. The van der Waals surface area contributed by atoms with Crippen LogP contribution >= 0.6 is 0 Å². The van der Waals surface area contributed by atoms with Crippen LogP contribution in [-0.2, 0) is 0 Å². The molecule has 1 aromatic rings. The second kappa shape index (κ2) is 6.93. The van der Waals surface area contributed by atoms with Crippen molar-refractivity contribution in [1.29, 1.82) is 0 Å². The molecule has 4 atom stereocenters. The molecule has 1 fully saturated rings. The highest BCUT2D eigenvalue weighted by Crippen LogP contribution is 2.44. The zero-order valence-corrected chi connectivity index (χ0v) is 13.6. The standard InChI is InChI=1S/C19H30O2/c1-14(2)17-10-9-15(3)13-19(17,21)12-11-18(20)16-7-5-4-6-8-16/h4-8,14-15,17-18,20-21H,9-13H2,1-3H3/t15-,17+,18?,19+/m1/s1. The maximum atomic E-state index is 11.2. The number of hydrogen-bond donors (Lipinski definition) is 2. The Balaban J connectivity index is 2.01. The van der Waals surface area contributed by atoms with Gasteiger partial charge in [0.1, 0.15) is 0 Å². The van der Waals surface area contributed by atoms with E-state index < -0.39 is 11.7 Å². The van der Waals surface area contributed by atoms with Crippen molar-refractivity contribution in [2.45, 2.75) is 64.6 Å². The first-order valence-electron chi connectivity index (χ1n) is 8.38. The first-order valence-corrected chi connectivity index (χ1v) is 8.38. The van der Waals surface area contributed by atoms with E-state index in [-0.39, 0.29) is 0 Å². The quantitative estimate of drug-likeness (QED) is 0.847. The molecule has 0 heterocycles. The highest BCUT2D eigenvalue weighted by atomic mass is 16.3. The lowest BCUT2D eigenvalue weighted by Gasteiger charge is -2.45. The molecule has 1 aromatic carbocycles. The predicted molar refractivity (Wildman–Crippen MR) is 86.9 cm³/mol. The summed E-state index contributed by atoms with van der Waals surface area (Å²) in [7, 11) is 0. The molecule has 2 N–H and O–H groups in total. The van der Waals surface area contributed by atoms with Crippen LogP contribution in [0, 0.1) is 17.8 Å². The molecule has 0 aromatic heterocycles. The summed E-state index contributed by atoms with van der Waals surface area (Å²) < 4.78 is 0.